The second-order valence-electron chi connectivity index (χ2n) is 8.60. The second kappa shape index (κ2) is 11.3. The van der Waals surface area contributed by atoms with Gasteiger partial charge in [0.1, 0.15) is 5.75 Å². The van der Waals surface area contributed by atoms with Gasteiger partial charge in [-0.3, -0.25) is 9.59 Å². The van der Waals surface area contributed by atoms with Gasteiger partial charge in [0.2, 0.25) is 0 Å². The highest BCUT2D eigenvalue weighted by Gasteiger charge is 2.16. The van der Waals surface area contributed by atoms with Crippen LogP contribution in [-0.4, -0.2) is 36.4 Å². The maximum Gasteiger partial charge on any atom is 0.262 e. The summed E-state index contributed by atoms with van der Waals surface area (Å²) in [5, 5.41) is 2.81. The monoisotopic (exact) mass is 488 g/mol. The molecule has 0 aliphatic rings. The van der Waals surface area contributed by atoms with E-state index in [9.17, 15) is 9.59 Å². The van der Waals surface area contributed by atoms with E-state index in [1.54, 1.807) is 24.3 Å². The molecule has 0 atom stereocenters. The first kappa shape index (κ1) is 24.9. The smallest absolute Gasteiger partial charge is 0.262 e. The predicted molar refractivity (Wildman–Crippen MR) is 130 cm³/mol. The highest BCUT2D eigenvalue weighted by atomic mass is 79.9. The third kappa shape index (κ3) is 7.39. The SMILES string of the molecule is CCCN(CCC)C(=O)c1ccc(NC(=O)COc2ccc(C(C)(C)C)cc2Br)cc1. The molecule has 2 aromatic carbocycles. The lowest BCUT2D eigenvalue weighted by Crippen LogP contribution is -2.32. The number of carbonyl (C=O) groups excluding carboxylic acids is 2. The number of hydrogen-bond acceptors (Lipinski definition) is 3. The molecule has 2 amide bonds. The fourth-order valence-electron chi connectivity index (χ4n) is 3.16. The number of halogens is 1. The minimum absolute atomic E-state index is 0.0217. The molecule has 0 unspecified atom stereocenters. The van der Waals surface area contributed by atoms with Crippen LogP contribution >= 0.6 is 15.9 Å². The normalized spacial score (nSPS) is 11.2. The van der Waals surface area contributed by atoms with Gasteiger partial charge in [-0.05, 0) is 76.1 Å². The van der Waals surface area contributed by atoms with Crippen LogP contribution in [0.2, 0.25) is 0 Å². The van der Waals surface area contributed by atoms with Crippen LogP contribution in [0.4, 0.5) is 5.69 Å². The van der Waals surface area contributed by atoms with E-state index in [1.807, 2.05) is 23.1 Å². The number of carbonyl (C=O) groups is 2. The summed E-state index contributed by atoms with van der Waals surface area (Å²) < 4.78 is 6.48. The molecule has 2 aromatic rings. The fourth-order valence-corrected chi connectivity index (χ4v) is 3.65. The quantitative estimate of drug-likeness (QED) is 0.468. The zero-order valence-corrected chi connectivity index (χ0v) is 20.7. The van der Waals surface area contributed by atoms with Crippen LogP contribution in [-0.2, 0) is 10.2 Å². The van der Waals surface area contributed by atoms with E-state index in [4.69, 9.17) is 4.74 Å². The Morgan fingerprint density at radius 3 is 2.13 bits per heavy atom. The van der Waals surface area contributed by atoms with Crippen molar-refractivity contribution in [3.63, 3.8) is 0 Å². The minimum atomic E-state index is -0.260. The third-order valence-corrected chi connectivity index (χ3v) is 5.47. The standard InChI is InChI=1S/C25H33BrN2O3/c1-6-14-28(15-7-2)24(30)18-8-11-20(12-9-18)27-23(29)17-31-22-13-10-19(16-21(22)26)25(3,4)5/h8-13,16H,6-7,14-15,17H2,1-5H3,(H,27,29). The van der Waals surface area contributed by atoms with Crippen molar-refractivity contribution in [2.75, 3.05) is 25.0 Å². The predicted octanol–water partition coefficient (Wildman–Crippen LogP) is 6.03. The molecule has 0 heterocycles. The zero-order chi connectivity index (χ0) is 23.0. The van der Waals surface area contributed by atoms with Crippen LogP contribution in [0.1, 0.15) is 63.4 Å². The molecule has 0 saturated heterocycles. The lowest BCUT2D eigenvalue weighted by molar-refractivity contribution is -0.118. The van der Waals surface area contributed by atoms with E-state index in [0.717, 1.165) is 30.4 Å². The second-order valence-corrected chi connectivity index (χ2v) is 9.46. The summed E-state index contributed by atoms with van der Waals surface area (Å²) in [5.74, 6) is 0.383. The lowest BCUT2D eigenvalue weighted by Gasteiger charge is -2.21. The van der Waals surface area contributed by atoms with Crippen molar-refractivity contribution >= 4 is 33.4 Å². The van der Waals surface area contributed by atoms with Gasteiger partial charge in [0.05, 0.1) is 4.47 Å². The summed E-state index contributed by atoms with van der Waals surface area (Å²) in [5.41, 5.74) is 2.47. The molecule has 0 aliphatic carbocycles. The maximum atomic E-state index is 12.6. The number of nitrogens with one attached hydrogen (secondary N) is 1. The molecular weight excluding hydrogens is 456 g/mol. The molecule has 168 valence electrons. The molecule has 0 aromatic heterocycles. The summed E-state index contributed by atoms with van der Waals surface area (Å²) >= 11 is 3.52. The van der Waals surface area contributed by atoms with Crippen LogP contribution in [0, 0.1) is 0 Å². The van der Waals surface area contributed by atoms with Crippen molar-refractivity contribution in [2.24, 2.45) is 0 Å². The van der Waals surface area contributed by atoms with Crippen LogP contribution in [0.25, 0.3) is 0 Å². The van der Waals surface area contributed by atoms with Crippen molar-refractivity contribution in [2.45, 2.75) is 52.9 Å². The number of benzene rings is 2. The van der Waals surface area contributed by atoms with Gasteiger partial charge in [0.25, 0.3) is 11.8 Å². The summed E-state index contributed by atoms with van der Waals surface area (Å²) in [6.45, 7) is 12.0. The molecule has 0 aliphatic heterocycles. The number of hydrogen-bond donors (Lipinski definition) is 1. The van der Waals surface area contributed by atoms with Gasteiger partial charge in [0, 0.05) is 24.3 Å². The third-order valence-electron chi connectivity index (χ3n) is 4.85. The van der Waals surface area contributed by atoms with Crippen molar-refractivity contribution in [1.82, 2.24) is 4.90 Å². The fraction of sp³-hybridized carbons (Fsp3) is 0.440. The van der Waals surface area contributed by atoms with Gasteiger partial charge < -0.3 is 15.0 Å². The van der Waals surface area contributed by atoms with E-state index in [1.165, 1.54) is 5.56 Å². The molecule has 0 spiro atoms. The number of anilines is 1. The Morgan fingerprint density at radius 1 is 1.00 bits per heavy atom. The average molecular weight is 489 g/mol. The van der Waals surface area contributed by atoms with Gasteiger partial charge >= 0.3 is 0 Å². The zero-order valence-electron chi connectivity index (χ0n) is 19.1. The van der Waals surface area contributed by atoms with E-state index >= 15 is 0 Å². The maximum absolute atomic E-state index is 12.6. The Morgan fingerprint density at radius 2 is 1.61 bits per heavy atom. The highest BCUT2D eigenvalue weighted by Crippen LogP contribution is 2.31. The van der Waals surface area contributed by atoms with Crippen molar-refractivity contribution in [3.05, 3.63) is 58.1 Å². The van der Waals surface area contributed by atoms with Crippen LogP contribution in [0.3, 0.4) is 0 Å². The summed E-state index contributed by atoms with van der Waals surface area (Å²) in [7, 11) is 0. The number of ether oxygens (including phenoxy) is 1. The minimum Gasteiger partial charge on any atom is -0.483 e. The first-order valence-corrected chi connectivity index (χ1v) is 11.6. The van der Waals surface area contributed by atoms with Crippen LogP contribution < -0.4 is 10.1 Å². The first-order chi connectivity index (χ1) is 14.7. The Kier molecular flexibility index (Phi) is 9.11. The van der Waals surface area contributed by atoms with Gasteiger partial charge in [-0.15, -0.1) is 0 Å². The van der Waals surface area contributed by atoms with Gasteiger partial charge in [-0.25, -0.2) is 0 Å². The summed E-state index contributed by atoms with van der Waals surface area (Å²) in [6.07, 6.45) is 1.85. The van der Waals surface area contributed by atoms with Gasteiger partial charge in [-0.1, -0.05) is 40.7 Å². The molecule has 1 N–H and O–H groups in total. The summed E-state index contributed by atoms with van der Waals surface area (Å²) in [4.78, 5) is 26.8. The molecule has 6 heteroatoms. The lowest BCUT2D eigenvalue weighted by atomic mass is 9.87. The van der Waals surface area contributed by atoms with E-state index in [0.29, 0.717) is 17.0 Å². The van der Waals surface area contributed by atoms with Gasteiger partial charge in [0.15, 0.2) is 6.61 Å². The van der Waals surface area contributed by atoms with Gasteiger partial charge in [-0.2, -0.15) is 0 Å². The molecule has 31 heavy (non-hydrogen) atoms. The molecule has 0 radical (unpaired) electrons. The molecule has 0 bridgehead atoms. The van der Waals surface area contributed by atoms with Crippen molar-refractivity contribution in [3.8, 4) is 5.75 Å². The van der Waals surface area contributed by atoms with E-state index < -0.39 is 0 Å². The Hall–Kier alpha value is -2.34. The molecule has 5 nitrogen and oxygen atoms in total. The summed E-state index contributed by atoms with van der Waals surface area (Å²) in [6, 6.07) is 12.9. The van der Waals surface area contributed by atoms with Crippen molar-refractivity contribution < 1.29 is 14.3 Å². The number of amides is 2. The Balaban J connectivity index is 1.93. The average Bonchev–Trinajstić information content (AvgIpc) is 2.72. The topological polar surface area (TPSA) is 58.6 Å². The largest absolute Gasteiger partial charge is 0.483 e. The van der Waals surface area contributed by atoms with Crippen LogP contribution in [0.15, 0.2) is 46.9 Å². The molecule has 0 fully saturated rings. The molecular formula is C25H33BrN2O3. The first-order valence-electron chi connectivity index (χ1n) is 10.8. The van der Waals surface area contributed by atoms with E-state index in [-0.39, 0.29) is 23.8 Å². The number of rotatable bonds is 9. The number of nitrogens with zero attached hydrogens (tertiary/aromatic N) is 1. The van der Waals surface area contributed by atoms with Crippen LogP contribution in [0.5, 0.6) is 5.75 Å². The highest BCUT2D eigenvalue weighted by molar-refractivity contribution is 9.10. The van der Waals surface area contributed by atoms with Crippen molar-refractivity contribution in [1.29, 1.82) is 0 Å². The molecule has 0 saturated carbocycles. The Labute approximate surface area is 194 Å². The molecule has 2 rings (SSSR count). The van der Waals surface area contributed by atoms with E-state index in [2.05, 4.69) is 55.9 Å². The Bertz CT molecular complexity index is 883.